The van der Waals surface area contributed by atoms with Gasteiger partial charge in [0.15, 0.2) is 0 Å². The molecule has 3 aromatic carbocycles. The molecule has 0 saturated heterocycles. The molecule has 1 heterocycles. The zero-order chi connectivity index (χ0) is 28.1. The van der Waals surface area contributed by atoms with Gasteiger partial charge >= 0.3 is 0 Å². The van der Waals surface area contributed by atoms with E-state index in [1.54, 1.807) is 49.4 Å². The fraction of sp³-hybridized carbons (Fsp3) is 0.194. The van der Waals surface area contributed by atoms with Crippen LogP contribution in [-0.4, -0.2) is 17.6 Å². The first-order valence-corrected chi connectivity index (χ1v) is 13.4. The van der Waals surface area contributed by atoms with Gasteiger partial charge in [-0.3, -0.25) is 9.59 Å². The Morgan fingerprint density at radius 1 is 0.974 bits per heavy atom. The number of hydrogen-bond acceptors (Lipinski definition) is 5. The van der Waals surface area contributed by atoms with E-state index in [0.29, 0.717) is 16.4 Å². The van der Waals surface area contributed by atoms with Crippen LogP contribution in [0, 0.1) is 37.9 Å². The fourth-order valence-corrected chi connectivity index (χ4v) is 5.65. The summed E-state index contributed by atoms with van der Waals surface area (Å²) in [4.78, 5) is 26.4. The van der Waals surface area contributed by atoms with Crippen LogP contribution in [0.15, 0.2) is 88.6 Å². The van der Waals surface area contributed by atoms with Crippen LogP contribution in [0.1, 0.15) is 35.1 Å². The van der Waals surface area contributed by atoms with Gasteiger partial charge in [-0.15, -0.1) is 0 Å². The quantitative estimate of drug-likeness (QED) is 0.320. The van der Waals surface area contributed by atoms with Crippen LogP contribution >= 0.6 is 11.8 Å². The number of amides is 2. The second kappa shape index (κ2) is 12.0. The molecule has 3 N–H and O–H groups in total. The minimum absolute atomic E-state index is 0.0170. The third-order valence-electron chi connectivity index (χ3n) is 6.43. The number of nitriles is 1. The number of nitrogens with one attached hydrogen (secondary N) is 3. The molecule has 0 aliphatic carbocycles. The Labute approximate surface area is 232 Å². The van der Waals surface area contributed by atoms with Crippen LogP contribution in [0.3, 0.4) is 0 Å². The van der Waals surface area contributed by atoms with Gasteiger partial charge < -0.3 is 16.0 Å². The molecule has 0 saturated carbocycles. The number of dihydropyridines is 1. The molecule has 198 valence electrons. The highest BCUT2D eigenvalue weighted by Gasteiger charge is 2.36. The second-order valence-electron chi connectivity index (χ2n) is 9.40. The van der Waals surface area contributed by atoms with Crippen molar-refractivity contribution in [2.75, 3.05) is 16.4 Å². The highest BCUT2D eigenvalue weighted by Crippen LogP contribution is 2.41. The van der Waals surface area contributed by atoms with E-state index in [0.717, 1.165) is 34.1 Å². The molecule has 1 aliphatic heterocycles. The maximum atomic E-state index is 15.1. The summed E-state index contributed by atoms with van der Waals surface area (Å²) >= 11 is 1.14. The second-order valence-corrected chi connectivity index (χ2v) is 10.4. The Bertz CT molecular complexity index is 1520. The smallest absolute Gasteiger partial charge is 0.254 e. The third-order valence-corrected chi connectivity index (χ3v) is 7.45. The normalized spacial score (nSPS) is 14.9. The predicted octanol–water partition coefficient (Wildman–Crippen LogP) is 6.46. The number of halogens is 1. The lowest BCUT2D eigenvalue weighted by atomic mass is 9.82. The summed E-state index contributed by atoms with van der Waals surface area (Å²) in [6, 6.07) is 21.2. The van der Waals surface area contributed by atoms with Crippen molar-refractivity contribution >= 4 is 35.0 Å². The lowest BCUT2D eigenvalue weighted by Crippen LogP contribution is -2.31. The molecule has 0 fully saturated rings. The van der Waals surface area contributed by atoms with Crippen LogP contribution in [0.5, 0.6) is 0 Å². The Balaban J connectivity index is 1.64. The van der Waals surface area contributed by atoms with Gasteiger partial charge in [-0.1, -0.05) is 65.9 Å². The van der Waals surface area contributed by atoms with E-state index >= 15 is 4.39 Å². The highest BCUT2D eigenvalue weighted by molar-refractivity contribution is 8.03. The molecule has 2 amide bonds. The van der Waals surface area contributed by atoms with E-state index in [2.05, 4.69) is 22.0 Å². The van der Waals surface area contributed by atoms with Crippen molar-refractivity contribution in [3.63, 3.8) is 0 Å². The number of benzene rings is 3. The molecule has 0 spiro atoms. The summed E-state index contributed by atoms with van der Waals surface area (Å²) in [5.74, 6) is -2.14. The number of hydrogen-bond donors (Lipinski definition) is 3. The summed E-state index contributed by atoms with van der Waals surface area (Å²) in [6.07, 6.45) is 0. The topological polar surface area (TPSA) is 94.0 Å². The SMILES string of the molecule is CC1=C(C(=O)Nc2ccccc2)[C@@H](c2ccccc2F)C(C#N)=C(SCC(=O)Nc2c(C)cc(C)cc2C)N1. The molecule has 0 radical (unpaired) electrons. The van der Waals surface area contributed by atoms with E-state index in [-0.39, 0.29) is 28.4 Å². The van der Waals surface area contributed by atoms with Gasteiger partial charge in [0.2, 0.25) is 5.91 Å². The fourth-order valence-electron chi connectivity index (χ4n) is 4.76. The Morgan fingerprint density at radius 2 is 1.62 bits per heavy atom. The molecule has 6 nitrogen and oxygen atoms in total. The average Bonchev–Trinajstić information content (AvgIpc) is 2.90. The summed E-state index contributed by atoms with van der Waals surface area (Å²) in [5.41, 5.74) is 5.47. The molecule has 1 atom stereocenters. The molecule has 4 rings (SSSR count). The Kier molecular flexibility index (Phi) is 8.52. The van der Waals surface area contributed by atoms with Crippen molar-refractivity contribution in [3.05, 3.63) is 117 Å². The maximum Gasteiger partial charge on any atom is 0.254 e. The van der Waals surface area contributed by atoms with Crippen LogP contribution in [0.25, 0.3) is 0 Å². The number of nitrogens with zero attached hydrogens (tertiary/aromatic N) is 1. The number of thioether (sulfide) groups is 1. The summed E-state index contributed by atoms with van der Waals surface area (Å²) in [5, 5.41) is 19.6. The standard InChI is InChI=1S/C31H29FN4O2S/c1-18-14-19(2)29(20(3)15-18)36-26(37)17-39-31-24(16-33)28(23-12-8-9-13-25(23)32)27(21(4)34-31)30(38)35-22-10-6-5-7-11-22/h5-15,28,34H,17H2,1-4H3,(H,35,38)(H,36,37)/t28-/m0/s1. The van der Waals surface area contributed by atoms with Crippen LogP contribution in [-0.2, 0) is 9.59 Å². The van der Waals surface area contributed by atoms with E-state index in [1.807, 2.05) is 39.0 Å². The largest absolute Gasteiger partial charge is 0.353 e. The summed E-state index contributed by atoms with van der Waals surface area (Å²) in [6.45, 7) is 7.59. The van der Waals surface area contributed by atoms with Crippen LogP contribution in [0.4, 0.5) is 15.8 Å². The average molecular weight is 541 g/mol. The van der Waals surface area contributed by atoms with Gasteiger partial charge in [0.25, 0.3) is 5.91 Å². The number of anilines is 2. The van der Waals surface area contributed by atoms with Gasteiger partial charge in [-0.05, 0) is 57.0 Å². The number of carbonyl (C=O) groups is 2. The molecule has 8 heteroatoms. The maximum absolute atomic E-state index is 15.1. The number of rotatable bonds is 7. The Morgan fingerprint density at radius 3 is 2.26 bits per heavy atom. The number of para-hydroxylation sites is 1. The molecule has 1 aliphatic rings. The minimum Gasteiger partial charge on any atom is -0.353 e. The van der Waals surface area contributed by atoms with Gasteiger partial charge in [-0.25, -0.2) is 4.39 Å². The van der Waals surface area contributed by atoms with E-state index in [4.69, 9.17) is 0 Å². The zero-order valence-electron chi connectivity index (χ0n) is 22.2. The van der Waals surface area contributed by atoms with E-state index < -0.39 is 17.6 Å². The van der Waals surface area contributed by atoms with Crippen molar-refractivity contribution in [2.24, 2.45) is 0 Å². The number of aryl methyl sites for hydroxylation is 3. The van der Waals surface area contributed by atoms with Crippen molar-refractivity contribution < 1.29 is 14.0 Å². The monoisotopic (exact) mass is 540 g/mol. The van der Waals surface area contributed by atoms with Crippen molar-refractivity contribution in [1.29, 1.82) is 5.26 Å². The van der Waals surface area contributed by atoms with Crippen molar-refractivity contribution in [2.45, 2.75) is 33.6 Å². The number of carbonyl (C=O) groups excluding carboxylic acids is 2. The van der Waals surface area contributed by atoms with Crippen LogP contribution < -0.4 is 16.0 Å². The van der Waals surface area contributed by atoms with Crippen molar-refractivity contribution in [3.8, 4) is 6.07 Å². The Hall–Kier alpha value is -4.35. The first kappa shape index (κ1) is 27.7. The molecule has 0 bridgehead atoms. The van der Waals surface area contributed by atoms with Gasteiger partial charge in [-0.2, -0.15) is 5.26 Å². The zero-order valence-corrected chi connectivity index (χ0v) is 23.0. The van der Waals surface area contributed by atoms with Gasteiger partial charge in [0.1, 0.15) is 5.82 Å². The third kappa shape index (κ3) is 6.21. The lowest BCUT2D eigenvalue weighted by molar-refractivity contribution is -0.114. The number of allylic oxidation sites excluding steroid dienone is 2. The molecule has 3 aromatic rings. The molecule has 0 aromatic heterocycles. The minimum atomic E-state index is -0.951. The van der Waals surface area contributed by atoms with E-state index in [9.17, 15) is 14.9 Å². The first-order chi connectivity index (χ1) is 18.7. The van der Waals surface area contributed by atoms with E-state index in [1.165, 1.54) is 6.07 Å². The first-order valence-electron chi connectivity index (χ1n) is 12.4. The lowest BCUT2D eigenvalue weighted by Gasteiger charge is -2.30. The molecular weight excluding hydrogens is 511 g/mol. The van der Waals surface area contributed by atoms with Crippen LogP contribution in [0.2, 0.25) is 0 Å². The van der Waals surface area contributed by atoms with Gasteiger partial charge in [0.05, 0.1) is 28.3 Å². The molecular formula is C31H29FN4O2S. The van der Waals surface area contributed by atoms with Gasteiger partial charge in [0, 0.05) is 28.2 Å². The van der Waals surface area contributed by atoms with Crippen molar-refractivity contribution in [1.82, 2.24) is 5.32 Å². The molecule has 39 heavy (non-hydrogen) atoms. The summed E-state index contributed by atoms with van der Waals surface area (Å²) in [7, 11) is 0. The predicted molar refractivity (Wildman–Crippen MR) is 154 cm³/mol. The highest BCUT2D eigenvalue weighted by atomic mass is 32.2. The summed E-state index contributed by atoms with van der Waals surface area (Å²) < 4.78 is 15.1. The molecule has 0 unspecified atom stereocenters.